The first-order chi connectivity index (χ1) is 7.06. The molecule has 0 saturated carbocycles. The molecule has 0 aromatic carbocycles. The molecule has 0 aromatic heterocycles. The van der Waals surface area contributed by atoms with Gasteiger partial charge in [-0.3, -0.25) is 9.59 Å². The van der Waals surface area contributed by atoms with Crippen LogP contribution >= 0.6 is 0 Å². The van der Waals surface area contributed by atoms with E-state index in [9.17, 15) is 9.59 Å². The van der Waals surface area contributed by atoms with E-state index in [2.05, 4.69) is 14.3 Å². The average Bonchev–Trinajstić information content (AvgIpc) is 2.26. The minimum atomic E-state index is -0.554. The summed E-state index contributed by atoms with van der Waals surface area (Å²) < 4.78 is 9.08. The van der Waals surface area contributed by atoms with Gasteiger partial charge < -0.3 is 14.3 Å². The Balaban J connectivity index is 4.35. The molecule has 0 radical (unpaired) electrons. The van der Waals surface area contributed by atoms with Crippen molar-refractivity contribution >= 4 is 11.9 Å². The summed E-state index contributed by atoms with van der Waals surface area (Å²) in [6.45, 7) is 8.39. The van der Waals surface area contributed by atoms with Crippen LogP contribution in [-0.2, 0) is 19.1 Å². The second-order valence-corrected chi connectivity index (χ2v) is 3.22. The quantitative estimate of drug-likeness (QED) is 0.503. The van der Waals surface area contributed by atoms with Crippen molar-refractivity contribution in [2.45, 2.75) is 13.3 Å². The van der Waals surface area contributed by atoms with Gasteiger partial charge in [-0.05, 0) is 6.42 Å². The predicted molar refractivity (Wildman–Crippen MR) is 52.8 cm³/mol. The van der Waals surface area contributed by atoms with Crippen LogP contribution in [0.5, 0.6) is 0 Å². The number of rotatable bonds is 5. The number of methoxy groups -OCH3 is 2. The molecule has 0 fully saturated rings. The van der Waals surface area contributed by atoms with E-state index in [4.69, 9.17) is 6.57 Å². The van der Waals surface area contributed by atoms with E-state index in [0.29, 0.717) is 0 Å². The summed E-state index contributed by atoms with van der Waals surface area (Å²) in [5, 5.41) is 0. The third-order valence-corrected chi connectivity index (χ3v) is 2.09. The molecule has 0 spiro atoms. The summed E-state index contributed by atoms with van der Waals surface area (Å²) >= 11 is 0. The molecule has 84 valence electrons. The Labute approximate surface area is 89.2 Å². The molecule has 0 aromatic rings. The first kappa shape index (κ1) is 13.4. The number of hydrogen-bond donors (Lipinski definition) is 0. The second-order valence-electron chi connectivity index (χ2n) is 3.22. The van der Waals surface area contributed by atoms with Gasteiger partial charge in [-0.2, -0.15) is 0 Å². The van der Waals surface area contributed by atoms with E-state index in [1.54, 1.807) is 6.92 Å². The normalized spacial score (nSPS) is 13.5. The van der Waals surface area contributed by atoms with Crippen molar-refractivity contribution in [3.8, 4) is 0 Å². The summed E-state index contributed by atoms with van der Waals surface area (Å²) in [5.41, 5.74) is 0. The smallest absolute Gasteiger partial charge is 0.316 e. The topological polar surface area (TPSA) is 57.0 Å². The summed E-state index contributed by atoms with van der Waals surface area (Å²) in [7, 11) is 2.56. The standard InChI is InChI=1S/C10H15NO4/c1-7(9(12)14-3)5-8(6-11-2)10(13)15-4/h7-8H,5-6H2,1,3-4H3. The zero-order valence-corrected chi connectivity index (χ0v) is 9.15. The SMILES string of the molecule is [C-]#[N+]CC(CC(C)C(=O)OC)C(=O)OC. The molecule has 5 nitrogen and oxygen atoms in total. The van der Waals surface area contributed by atoms with Crippen molar-refractivity contribution in [2.75, 3.05) is 20.8 Å². The minimum Gasteiger partial charge on any atom is -0.469 e. The third kappa shape index (κ3) is 4.45. The van der Waals surface area contributed by atoms with Crippen molar-refractivity contribution in [3.63, 3.8) is 0 Å². The van der Waals surface area contributed by atoms with Gasteiger partial charge in [-0.1, -0.05) is 6.92 Å². The maximum absolute atomic E-state index is 11.2. The highest BCUT2D eigenvalue weighted by Gasteiger charge is 2.27. The maximum Gasteiger partial charge on any atom is 0.316 e. The van der Waals surface area contributed by atoms with Crippen LogP contribution in [0.4, 0.5) is 0 Å². The lowest BCUT2D eigenvalue weighted by atomic mass is 9.96. The van der Waals surface area contributed by atoms with Crippen LogP contribution in [0.15, 0.2) is 0 Å². The van der Waals surface area contributed by atoms with Crippen molar-refractivity contribution in [1.29, 1.82) is 0 Å². The van der Waals surface area contributed by atoms with Crippen LogP contribution in [0, 0.1) is 18.4 Å². The molecular formula is C10H15NO4. The summed E-state index contributed by atoms with van der Waals surface area (Å²) in [4.78, 5) is 25.5. The molecule has 0 aliphatic heterocycles. The molecule has 15 heavy (non-hydrogen) atoms. The van der Waals surface area contributed by atoms with Crippen LogP contribution in [0.1, 0.15) is 13.3 Å². The predicted octanol–water partition coefficient (Wildman–Crippen LogP) is 0.894. The van der Waals surface area contributed by atoms with Gasteiger partial charge in [0.15, 0.2) is 0 Å². The van der Waals surface area contributed by atoms with Crippen LogP contribution in [0.2, 0.25) is 0 Å². The number of nitrogens with zero attached hydrogens (tertiary/aromatic N) is 1. The van der Waals surface area contributed by atoms with Crippen LogP contribution < -0.4 is 0 Å². The minimum absolute atomic E-state index is 0.0357. The Bertz CT molecular complexity index is 269. The largest absolute Gasteiger partial charge is 0.469 e. The lowest BCUT2D eigenvalue weighted by molar-refractivity contribution is -0.148. The van der Waals surface area contributed by atoms with Crippen molar-refractivity contribution in [2.24, 2.45) is 11.8 Å². The average molecular weight is 213 g/mol. The van der Waals surface area contributed by atoms with E-state index in [0.717, 1.165) is 0 Å². The Hall–Kier alpha value is -1.57. The van der Waals surface area contributed by atoms with Gasteiger partial charge in [0.05, 0.1) is 20.1 Å². The highest BCUT2D eigenvalue weighted by atomic mass is 16.5. The molecule has 2 atom stereocenters. The molecule has 0 aliphatic rings. The number of esters is 2. The third-order valence-electron chi connectivity index (χ3n) is 2.09. The number of carbonyl (C=O) groups excluding carboxylic acids is 2. The highest BCUT2D eigenvalue weighted by molar-refractivity contribution is 5.76. The van der Waals surface area contributed by atoms with E-state index in [1.165, 1.54) is 14.2 Å². The Morgan fingerprint density at radius 2 is 1.80 bits per heavy atom. The number of carbonyl (C=O) groups is 2. The monoisotopic (exact) mass is 213 g/mol. The van der Waals surface area contributed by atoms with E-state index in [1.807, 2.05) is 0 Å². The van der Waals surface area contributed by atoms with Gasteiger partial charge in [-0.15, -0.1) is 0 Å². The van der Waals surface area contributed by atoms with Gasteiger partial charge in [-0.25, -0.2) is 6.57 Å². The van der Waals surface area contributed by atoms with Crippen molar-refractivity contribution in [1.82, 2.24) is 0 Å². The van der Waals surface area contributed by atoms with Gasteiger partial charge in [0.2, 0.25) is 6.54 Å². The number of hydrogen-bond acceptors (Lipinski definition) is 4. The van der Waals surface area contributed by atoms with E-state index >= 15 is 0 Å². The summed E-state index contributed by atoms with van der Waals surface area (Å²) in [6.07, 6.45) is 0.279. The van der Waals surface area contributed by atoms with Crippen molar-refractivity contribution in [3.05, 3.63) is 11.4 Å². The first-order valence-electron chi connectivity index (χ1n) is 4.55. The molecule has 0 aliphatic carbocycles. The van der Waals surface area contributed by atoms with E-state index in [-0.39, 0.29) is 18.9 Å². The summed E-state index contributed by atoms with van der Waals surface area (Å²) in [6, 6.07) is 0. The lowest BCUT2D eigenvalue weighted by Crippen LogP contribution is -2.24. The first-order valence-corrected chi connectivity index (χ1v) is 4.55. The fraction of sp³-hybridized carbons (Fsp3) is 0.700. The molecule has 5 heteroatoms. The molecule has 2 unspecified atom stereocenters. The van der Waals surface area contributed by atoms with E-state index < -0.39 is 17.8 Å². The second kappa shape index (κ2) is 6.82. The molecule has 0 saturated heterocycles. The molecule has 0 rings (SSSR count). The fourth-order valence-corrected chi connectivity index (χ4v) is 1.25. The van der Waals surface area contributed by atoms with Crippen LogP contribution in [0.3, 0.4) is 0 Å². The fourth-order valence-electron chi connectivity index (χ4n) is 1.25. The molecule has 0 amide bonds. The summed E-state index contributed by atoms with van der Waals surface area (Å²) in [5.74, 6) is -1.79. The van der Waals surface area contributed by atoms with Crippen LogP contribution in [0.25, 0.3) is 4.85 Å². The zero-order chi connectivity index (χ0) is 11.8. The Morgan fingerprint density at radius 3 is 2.20 bits per heavy atom. The van der Waals surface area contributed by atoms with Crippen LogP contribution in [-0.4, -0.2) is 32.7 Å². The molecule has 0 N–H and O–H groups in total. The molecule has 0 heterocycles. The molecular weight excluding hydrogens is 198 g/mol. The lowest BCUT2D eigenvalue weighted by Gasteiger charge is -2.13. The van der Waals surface area contributed by atoms with Gasteiger partial charge in [0.1, 0.15) is 5.92 Å². The van der Waals surface area contributed by atoms with Gasteiger partial charge in [0, 0.05) is 0 Å². The highest BCUT2D eigenvalue weighted by Crippen LogP contribution is 2.15. The van der Waals surface area contributed by atoms with Gasteiger partial charge >= 0.3 is 11.9 Å². The Kier molecular flexibility index (Phi) is 6.11. The van der Waals surface area contributed by atoms with Gasteiger partial charge in [0.25, 0.3) is 0 Å². The Morgan fingerprint density at radius 1 is 1.27 bits per heavy atom. The maximum atomic E-state index is 11.2. The molecule has 0 bridgehead atoms. The van der Waals surface area contributed by atoms with Crippen molar-refractivity contribution < 1.29 is 19.1 Å². The number of ether oxygens (including phenoxy) is 2. The zero-order valence-electron chi connectivity index (χ0n) is 9.15.